The summed E-state index contributed by atoms with van der Waals surface area (Å²) in [7, 11) is 0. The van der Waals surface area contributed by atoms with Gasteiger partial charge in [0.15, 0.2) is 0 Å². The molecule has 1 aromatic carbocycles. The largest absolute Gasteiger partial charge is 0.463 e. The molecular formula is C10H7BrO2. The minimum atomic E-state index is -0.0145. The summed E-state index contributed by atoms with van der Waals surface area (Å²) in [5.41, 5.74) is 1.56. The first-order valence-corrected chi connectivity index (χ1v) is 4.66. The molecule has 0 saturated heterocycles. The van der Waals surface area contributed by atoms with Crippen LogP contribution >= 0.6 is 15.9 Å². The molecule has 0 atom stereocenters. The molecule has 0 saturated carbocycles. The van der Waals surface area contributed by atoms with E-state index in [1.807, 2.05) is 19.1 Å². The van der Waals surface area contributed by atoms with Crippen molar-refractivity contribution in [1.82, 2.24) is 0 Å². The highest BCUT2D eigenvalue weighted by molar-refractivity contribution is 9.10. The molecule has 1 aromatic heterocycles. The highest BCUT2D eigenvalue weighted by Gasteiger charge is 2.05. The average molecular weight is 239 g/mol. The van der Waals surface area contributed by atoms with Crippen LogP contribution in [-0.4, -0.2) is 0 Å². The molecule has 2 nitrogen and oxygen atoms in total. The van der Waals surface area contributed by atoms with E-state index in [0.29, 0.717) is 15.4 Å². The zero-order chi connectivity index (χ0) is 9.42. The Kier molecular flexibility index (Phi) is 1.96. The van der Waals surface area contributed by atoms with Crippen molar-refractivity contribution in [2.45, 2.75) is 6.92 Å². The van der Waals surface area contributed by atoms with Crippen molar-refractivity contribution in [2.24, 2.45) is 0 Å². The zero-order valence-corrected chi connectivity index (χ0v) is 8.59. The second-order valence-electron chi connectivity index (χ2n) is 2.86. The highest BCUT2D eigenvalue weighted by atomic mass is 79.9. The Labute approximate surface area is 83.3 Å². The van der Waals surface area contributed by atoms with Crippen molar-refractivity contribution in [2.75, 3.05) is 0 Å². The number of rotatable bonds is 0. The van der Waals surface area contributed by atoms with Crippen LogP contribution in [0.5, 0.6) is 0 Å². The first-order valence-electron chi connectivity index (χ1n) is 3.87. The average Bonchev–Trinajstić information content (AvgIpc) is 2.12. The first-order chi connectivity index (χ1) is 6.20. The van der Waals surface area contributed by atoms with E-state index in [9.17, 15) is 4.79 Å². The van der Waals surface area contributed by atoms with Gasteiger partial charge in [0.25, 0.3) is 0 Å². The molecule has 0 radical (unpaired) electrons. The van der Waals surface area contributed by atoms with Gasteiger partial charge < -0.3 is 4.42 Å². The van der Waals surface area contributed by atoms with Gasteiger partial charge in [-0.15, -0.1) is 0 Å². The van der Waals surface area contributed by atoms with Crippen LogP contribution in [0.1, 0.15) is 5.56 Å². The fourth-order valence-electron chi connectivity index (χ4n) is 1.32. The summed E-state index contributed by atoms with van der Waals surface area (Å²) >= 11 is 3.14. The standard InChI is InChI=1S/C10H7BrO2/c1-6-3-2-4-8-9(6)10(12)7(11)5-13-8/h2-5H,1H3. The third kappa shape index (κ3) is 1.29. The molecule has 1 heterocycles. The van der Waals surface area contributed by atoms with E-state index < -0.39 is 0 Å². The Bertz CT molecular complexity index is 514. The quantitative estimate of drug-likeness (QED) is 0.707. The number of fused-ring (bicyclic) bond motifs is 1. The molecule has 0 amide bonds. The van der Waals surface area contributed by atoms with Crippen LogP contribution in [0.15, 0.2) is 38.1 Å². The molecular weight excluding hydrogens is 232 g/mol. The van der Waals surface area contributed by atoms with Crippen LogP contribution in [0.25, 0.3) is 11.0 Å². The molecule has 3 heteroatoms. The molecule has 0 spiro atoms. The fourth-order valence-corrected chi connectivity index (χ4v) is 1.61. The van der Waals surface area contributed by atoms with E-state index in [1.165, 1.54) is 6.26 Å². The Morgan fingerprint density at radius 1 is 1.38 bits per heavy atom. The highest BCUT2D eigenvalue weighted by Crippen LogP contribution is 2.16. The molecule has 0 unspecified atom stereocenters. The number of benzene rings is 1. The maximum absolute atomic E-state index is 11.6. The lowest BCUT2D eigenvalue weighted by atomic mass is 10.1. The summed E-state index contributed by atoms with van der Waals surface area (Å²) in [6.45, 7) is 1.89. The van der Waals surface area contributed by atoms with Crippen LogP contribution in [0.2, 0.25) is 0 Å². The summed E-state index contributed by atoms with van der Waals surface area (Å²) in [5, 5.41) is 0.650. The van der Waals surface area contributed by atoms with Crippen molar-refractivity contribution < 1.29 is 4.42 Å². The molecule has 2 rings (SSSR count). The van der Waals surface area contributed by atoms with Crippen LogP contribution in [0, 0.1) is 6.92 Å². The monoisotopic (exact) mass is 238 g/mol. The topological polar surface area (TPSA) is 30.2 Å². The number of aryl methyl sites for hydroxylation is 1. The molecule has 66 valence electrons. The van der Waals surface area contributed by atoms with Crippen molar-refractivity contribution in [1.29, 1.82) is 0 Å². The van der Waals surface area contributed by atoms with Gasteiger partial charge in [0.1, 0.15) is 16.3 Å². The van der Waals surface area contributed by atoms with Gasteiger partial charge >= 0.3 is 0 Å². The summed E-state index contributed by atoms with van der Waals surface area (Å²) in [6, 6.07) is 5.55. The van der Waals surface area contributed by atoms with E-state index in [-0.39, 0.29) is 5.43 Å². The molecule has 0 aliphatic rings. The van der Waals surface area contributed by atoms with E-state index >= 15 is 0 Å². The lowest BCUT2D eigenvalue weighted by molar-refractivity contribution is 0.598. The van der Waals surface area contributed by atoms with E-state index in [2.05, 4.69) is 15.9 Å². The van der Waals surface area contributed by atoms with Crippen LogP contribution in [-0.2, 0) is 0 Å². The predicted molar refractivity (Wildman–Crippen MR) is 54.9 cm³/mol. The predicted octanol–water partition coefficient (Wildman–Crippen LogP) is 2.86. The molecule has 0 aliphatic carbocycles. The first kappa shape index (κ1) is 8.51. The van der Waals surface area contributed by atoms with E-state index in [1.54, 1.807) is 6.07 Å². The van der Waals surface area contributed by atoms with E-state index in [0.717, 1.165) is 5.56 Å². The van der Waals surface area contributed by atoms with Crippen molar-refractivity contribution >= 4 is 26.9 Å². The van der Waals surface area contributed by atoms with Crippen molar-refractivity contribution in [3.63, 3.8) is 0 Å². The molecule has 0 bridgehead atoms. The Balaban J connectivity index is 3.06. The second kappa shape index (κ2) is 3.00. The van der Waals surface area contributed by atoms with Crippen LogP contribution in [0.3, 0.4) is 0 Å². The molecule has 2 aromatic rings. The van der Waals surface area contributed by atoms with Gasteiger partial charge in [-0.25, -0.2) is 0 Å². The van der Waals surface area contributed by atoms with Crippen LogP contribution < -0.4 is 5.43 Å². The summed E-state index contributed by atoms with van der Waals surface area (Å²) in [5.74, 6) is 0. The molecule has 0 aliphatic heterocycles. The van der Waals surface area contributed by atoms with Gasteiger partial charge in [-0.3, -0.25) is 4.79 Å². The van der Waals surface area contributed by atoms with Gasteiger partial charge in [-0.05, 0) is 34.5 Å². The molecule has 0 N–H and O–H groups in total. The SMILES string of the molecule is Cc1cccc2occ(Br)c(=O)c12. The minimum absolute atomic E-state index is 0.0145. The van der Waals surface area contributed by atoms with Crippen molar-refractivity contribution in [3.05, 3.63) is 44.7 Å². The summed E-state index contributed by atoms with van der Waals surface area (Å²) < 4.78 is 5.72. The maximum Gasteiger partial charge on any atom is 0.207 e. The molecule has 13 heavy (non-hydrogen) atoms. The lowest BCUT2D eigenvalue weighted by Crippen LogP contribution is -2.02. The van der Waals surface area contributed by atoms with E-state index in [4.69, 9.17) is 4.42 Å². The Morgan fingerprint density at radius 3 is 2.92 bits per heavy atom. The van der Waals surface area contributed by atoms with Gasteiger partial charge in [0.2, 0.25) is 5.43 Å². The maximum atomic E-state index is 11.6. The van der Waals surface area contributed by atoms with Gasteiger partial charge in [-0.2, -0.15) is 0 Å². The van der Waals surface area contributed by atoms with Gasteiger partial charge in [-0.1, -0.05) is 12.1 Å². The number of hydrogen-bond acceptors (Lipinski definition) is 2. The second-order valence-corrected chi connectivity index (χ2v) is 3.72. The van der Waals surface area contributed by atoms with Gasteiger partial charge in [0, 0.05) is 0 Å². The minimum Gasteiger partial charge on any atom is -0.463 e. The number of hydrogen-bond donors (Lipinski definition) is 0. The Morgan fingerprint density at radius 2 is 2.15 bits per heavy atom. The van der Waals surface area contributed by atoms with Crippen molar-refractivity contribution in [3.8, 4) is 0 Å². The van der Waals surface area contributed by atoms with Gasteiger partial charge in [0.05, 0.1) is 5.39 Å². The third-order valence-electron chi connectivity index (χ3n) is 1.97. The van der Waals surface area contributed by atoms with Crippen LogP contribution in [0.4, 0.5) is 0 Å². The zero-order valence-electron chi connectivity index (χ0n) is 7.00. The summed E-state index contributed by atoms with van der Waals surface area (Å²) in [6.07, 6.45) is 1.42. The lowest BCUT2D eigenvalue weighted by Gasteiger charge is -1.99. The summed E-state index contributed by atoms with van der Waals surface area (Å²) in [4.78, 5) is 11.6. The normalized spacial score (nSPS) is 10.6. The Hall–Kier alpha value is -1.09. The third-order valence-corrected chi connectivity index (χ3v) is 2.51. The number of halogens is 1. The fraction of sp³-hybridized carbons (Fsp3) is 0.100. The molecule has 0 fully saturated rings. The smallest absolute Gasteiger partial charge is 0.207 e.